The van der Waals surface area contributed by atoms with E-state index >= 15 is 0 Å². The van der Waals surface area contributed by atoms with Crippen molar-refractivity contribution < 1.29 is 22.8 Å². The first kappa shape index (κ1) is 20.0. The number of aromatic nitrogens is 1. The van der Waals surface area contributed by atoms with Crippen LogP contribution in [-0.4, -0.2) is 41.5 Å². The molecule has 0 aliphatic carbocycles. The molecule has 2 aliphatic rings. The maximum Gasteiger partial charge on any atom is 0.416 e. The number of likely N-dealkylation sites (tertiary alicyclic amines) is 1. The molecule has 1 unspecified atom stereocenters. The van der Waals surface area contributed by atoms with E-state index in [4.69, 9.17) is 11.6 Å². The second-order valence-corrected chi connectivity index (χ2v) is 8.85. The molecule has 2 aliphatic heterocycles. The lowest BCUT2D eigenvalue weighted by Gasteiger charge is -2.25. The smallest absolute Gasteiger partial charge is 0.342 e. The molecule has 3 amide bonds. The van der Waals surface area contributed by atoms with E-state index in [1.54, 1.807) is 4.90 Å². The second kappa shape index (κ2) is 6.88. The summed E-state index contributed by atoms with van der Waals surface area (Å²) < 4.78 is 40.3. The van der Waals surface area contributed by atoms with Gasteiger partial charge in [0.25, 0.3) is 0 Å². The maximum atomic E-state index is 13.3. The summed E-state index contributed by atoms with van der Waals surface area (Å²) >= 11 is 6.92. The van der Waals surface area contributed by atoms with Crippen molar-refractivity contribution >= 4 is 45.7 Å². The number of fused-ring (bicyclic) bond motifs is 2. The molecule has 11 heteroatoms. The van der Waals surface area contributed by atoms with Crippen molar-refractivity contribution in [3.05, 3.63) is 39.9 Å². The fraction of sp³-hybridized carbons (Fsp3) is 0.389. The zero-order valence-electron chi connectivity index (χ0n) is 15.2. The predicted molar refractivity (Wildman–Crippen MR) is 103 cm³/mol. The van der Waals surface area contributed by atoms with Crippen LogP contribution < -0.4 is 10.2 Å². The van der Waals surface area contributed by atoms with Crippen molar-refractivity contribution in [3.8, 4) is 0 Å². The number of halogens is 4. The lowest BCUT2D eigenvalue weighted by atomic mass is 9.81. The van der Waals surface area contributed by atoms with Crippen molar-refractivity contribution in [2.45, 2.75) is 24.9 Å². The van der Waals surface area contributed by atoms with Crippen molar-refractivity contribution in [2.24, 2.45) is 0 Å². The van der Waals surface area contributed by atoms with Crippen LogP contribution in [-0.2, 0) is 16.4 Å². The summed E-state index contributed by atoms with van der Waals surface area (Å²) in [5, 5.41) is 2.94. The van der Waals surface area contributed by atoms with Gasteiger partial charge < -0.3 is 4.90 Å². The first-order valence-electron chi connectivity index (χ1n) is 8.76. The standard InChI is InChI=1S/C18H16ClF3N4O2S/c1-10(27)25-5-4-17(8-25)9-26(16(28)24-15-23-7-14(19)29-15)13-3-2-11(6-12(13)17)18(20,21)22/h2-3,6-7H,4-5,8-9H2,1H3,(H,23,24,28). The number of hydrogen-bond acceptors (Lipinski definition) is 4. The number of carbonyl (C=O) groups excluding carboxylic acids is 2. The molecule has 1 N–H and O–H groups in total. The Kier molecular flexibility index (Phi) is 4.73. The van der Waals surface area contributed by atoms with E-state index < -0.39 is 23.2 Å². The topological polar surface area (TPSA) is 65.5 Å². The monoisotopic (exact) mass is 444 g/mol. The van der Waals surface area contributed by atoms with Gasteiger partial charge in [-0.3, -0.25) is 15.0 Å². The molecule has 2 aromatic rings. The number of benzene rings is 1. The van der Waals surface area contributed by atoms with Crippen LogP contribution in [0.3, 0.4) is 0 Å². The minimum Gasteiger partial charge on any atom is -0.342 e. The average molecular weight is 445 g/mol. The zero-order chi connectivity index (χ0) is 21.0. The Morgan fingerprint density at radius 2 is 2.07 bits per heavy atom. The van der Waals surface area contributed by atoms with Crippen LogP contribution >= 0.6 is 22.9 Å². The highest BCUT2D eigenvalue weighted by molar-refractivity contribution is 7.19. The van der Waals surface area contributed by atoms with Crippen LogP contribution in [0.15, 0.2) is 24.4 Å². The highest BCUT2D eigenvalue weighted by atomic mass is 35.5. The highest BCUT2D eigenvalue weighted by Gasteiger charge is 2.50. The number of anilines is 2. The van der Waals surface area contributed by atoms with Crippen LogP contribution in [0.2, 0.25) is 4.34 Å². The molecule has 4 rings (SSSR count). The van der Waals surface area contributed by atoms with Gasteiger partial charge in [-0.2, -0.15) is 13.2 Å². The third kappa shape index (κ3) is 3.55. The molecular weight excluding hydrogens is 429 g/mol. The van der Waals surface area contributed by atoms with Crippen LogP contribution in [0.25, 0.3) is 0 Å². The summed E-state index contributed by atoms with van der Waals surface area (Å²) in [5.41, 5.74) is -0.669. The van der Waals surface area contributed by atoms with E-state index in [9.17, 15) is 22.8 Å². The SMILES string of the molecule is CC(=O)N1CCC2(C1)CN(C(=O)Nc1ncc(Cl)s1)c1ccc(C(F)(F)F)cc12. The van der Waals surface area contributed by atoms with Gasteiger partial charge in [-0.15, -0.1) is 0 Å². The minimum atomic E-state index is -4.50. The van der Waals surface area contributed by atoms with Crippen LogP contribution in [0.5, 0.6) is 0 Å². The summed E-state index contributed by atoms with van der Waals surface area (Å²) in [7, 11) is 0. The lowest BCUT2D eigenvalue weighted by molar-refractivity contribution is -0.137. The number of amides is 3. The van der Waals surface area contributed by atoms with Gasteiger partial charge in [0.05, 0.1) is 11.8 Å². The Morgan fingerprint density at radius 3 is 2.66 bits per heavy atom. The summed E-state index contributed by atoms with van der Waals surface area (Å²) in [4.78, 5) is 31.7. The van der Waals surface area contributed by atoms with Gasteiger partial charge in [0.15, 0.2) is 5.13 Å². The van der Waals surface area contributed by atoms with E-state index in [-0.39, 0.29) is 19.0 Å². The van der Waals surface area contributed by atoms with Gasteiger partial charge in [-0.25, -0.2) is 9.78 Å². The van der Waals surface area contributed by atoms with Crippen molar-refractivity contribution in [1.29, 1.82) is 0 Å². The van der Waals surface area contributed by atoms with Crippen molar-refractivity contribution in [3.63, 3.8) is 0 Å². The van der Waals surface area contributed by atoms with Gasteiger partial charge in [-0.1, -0.05) is 22.9 Å². The molecule has 0 radical (unpaired) electrons. The summed E-state index contributed by atoms with van der Waals surface area (Å²) in [6.45, 7) is 2.31. The third-order valence-corrected chi connectivity index (χ3v) is 6.41. The Balaban J connectivity index is 1.71. The van der Waals surface area contributed by atoms with Gasteiger partial charge in [0.2, 0.25) is 5.91 Å². The van der Waals surface area contributed by atoms with E-state index in [1.807, 2.05) is 0 Å². The number of hydrogen-bond donors (Lipinski definition) is 1. The first-order chi connectivity index (χ1) is 13.6. The fourth-order valence-electron chi connectivity index (χ4n) is 3.99. The molecule has 6 nitrogen and oxygen atoms in total. The Labute approximate surface area is 173 Å². The molecule has 1 atom stereocenters. The predicted octanol–water partition coefficient (Wildman–Crippen LogP) is 4.36. The van der Waals surface area contributed by atoms with E-state index in [2.05, 4.69) is 10.3 Å². The number of rotatable bonds is 1. The molecule has 1 aromatic heterocycles. The summed E-state index contributed by atoms with van der Waals surface area (Å²) in [6.07, 6.45) is -2.62. The van der Waals surface area contributed by atoms with Crippen molar-refractivity contribution in [1.82, 2.24) is 9.88 Å². The molecule has 3 heterocycles. The van der Waals surface area contributed by atoms with E-state index in [1.165, 1.54) is 24.1 Å². The Bertz CT molecular complexity index is 996. The van der Waals surface area contributed by atoms with Gasteiger partial charge in [0.1, 0.15) is 4.34 Å². The molecule has 1 spiro atoms. The number of alkyl halides is 3. The third-order valence-electron chi connectivity index (χ3n) is 5.38. The molecule has 1 saturated heterocycles. The van der Waals surface area contributed by atoms with Gasteiger partial charge >= 0.3 is 12.2 Å². The molecule has 1 fully saturated rings. The number of thiazole rings is 1. The quantitative estimate of drug-likeness (QED) is 0.710. The van der Waals surface area contributed by atoms with E-state index in [0.29, 0.717) is 33.7 Å². The molecule has 1 aromatic carbocycles. The number of carbonyl (C=O) groups is 2. The maximum absolute atomic E-state index is 13.3. The number of nitrogens with zero attached hydrogens (tertiary/aromatic N) is 3. The molecule has 154 valence electrons. The summed E-state index contributed by atoms with van der Waals surface area (Å²) in [6, 6.07) is 2.88. The highest BCUT2D eigenvalue weighted by Crippen LogP contribution is 2.48. The van der Waals surface area contributed by atoms with Crippen LogP contribution in [0.1, 0.15) is 24.5 Å². The Morgan fingerprint density at radius 1 is 1.31 bits per heavy atom. The molecule has 0 bridgehead atoms. The molecule has 29 heavy (non-hydrogen) atoms. The summed E-state index contributed by atoms with van der Waals surface area (Å²) in [5.74, 6) is -0.143. The first-order valence-corrected chi connectivity index (χ1v) is 9.96. The zero-order valence-corrected chi connectivity index (χ0v) is 16.8. The van der Waals surface area contributed by atoms with Gasteiger partial charge in [0, 0.05) is 37.7 Å². The largest absolute Gasteiger partial charge is 0.416 e. The Hall–Kier alpha value is -2.33. The normalized spacial score (nSPS) is 21.0. The van der Waals surface area contributed by atoms with Gasteiger partial charge in [-0.05, 0) is 30.2 Å². The number of urea groups is 1. The second-order valence-electron chi connectivity index (χ2n) is 7.19. The lowest BCUT2D eigenvalue weighted by Crippen LogP contribution is -2.41. The van der Waals surface area contributed by atoms with Crippen LogP contribution in [0, 0.1) is 0 Å². The minimum absolute atomic E-state index is 0.143. The molecular formula is C18H16ClF3N4O2S. The number of nitrogens with one attached hydrogen (secondary N) is 1. The fourth-order valence-corrected chi connectivity index (χ4v) is 4.79. The molecule has 0 saturated carbocycles. The van der Waals surface area contributed by atoms with E-state index in [0.717, 1.165) is 23.5 Å². The average Bonchev–Trinajstić information content (AvgIpc) is 3.33. The van der Waals surface area contributed by atoms with Crippen molar-refractivity contribution in [2.75, 3.05) is 29.9 Å². The van der Waals surface area contributed by atoms with Crippen LogP contribution in [0.4, 0.5) is 28.8 Å².